The molecule has 0 saturated carbocycles. The van der Waals surface area contributed by atoms with Crippen LogP contribution in [0.15, 0.2) is 18.2 Å². The van der Waals surface area contributed by atoms with Gasteiger partial charge in [0, 0.05) is 17.2 Å². The lowest BCUT2D eigenvalue weighted by Crippen LogP contribution is -2.24. The van der Waals surface area contributed by atoms with E-state index < -0.39 is 0 Å². The zero-order valence-corrected chi connectivity index (χ0v) is 11.4. The molecule has 94 valence electrons. The van der Waals surface area contributed by atoms with Gasteiger partial charge < -0.3 is 4.74 Å². The van der Waals surface area contributed by atoms with Gasteiger partial charge in [0.15, 0.2) is 5.78 Å². The van der Waals surface area contributed by atoms with Crippen LogP contribution in [0.1, 0.15) is 42.6 Å². The van der Waals surface area contributed by atoms with Crippen molar-refractivity contribution in [2.45, 2.75) is 39.7 Å². The summed E-state index contributed by atoms with van der Waals surface area (Å²) >= 11 is 6.02. The van der Waals surface area contributed by atoms with Crippen LogP contribution in [-0.4, -0.2) is 18.5 Å². The Morgan fingerprint density at radius 3 is 2.65 bits per heavy atom. The first kappa shape index (κ1) is 14.2. The number of ketones is 1. The third-order valence-electron chi connectivity index (χ3n) is 2.67. The second-order valence-corrected chi connectivity index (χ2v) is 4.47. The number of halogens is 1. The quantitative estimate of drug-likeness (QED) is 0.717. The summed E-state index contributed by atoms with van der Waals surface area (Å²) in [4.78, 5) is 12.2. The van der Waals surface area contributed by atoms with E-state index >= 15 is 0 Å². The maximum Gasteiger partial charge on any atom is 0.191 e. The Balaban J connectivity index is 2.88. The predicted molar refractivity (Wildman–Crippen MR) is 70.8 cm³/mol. The number of aryl methyl sites for hydroxylation is 1. The number of carbonyl (C=O) groups is 1. The number of hydrogen-bond acceptors (Lipinski definition) is 2. The molecule has 3 heteroatoms. The fraction of sp³-hybridized carbons (Fsp3) is 0.500. The van der Waals surface area contributed by atoms with E-state index in [-0.39, 0.29) is 11.9 Å². The van der Waals surface area contributed by atoms with Gasteiger partial charge in [-0.15, -0.1) is 0 Å². The summed E-state index contributed by atoms with van der Waals surface area (Å²) in [6.45, 7) is 6.41. The van der Waals surface area contributed by atoms with Crippen molar-refractivity contribution in [3.63, 3.8) is 0 Å². The van der Waals surface area contributed by atoms with Crippen LogP contribution in [-0.2, 0) is 4.74 Å². The van der Waals surface area contributed by atoms with Crippen LogP contribution in [0.5, 0.6) is 0 Å². The maximum atomic E-state index is 12.2. The van der Waals surface area contributed by atoms with Crippen LogP contribution >= 0.6 is 11.6 Å². The molecule has 0 amide bonds. The largest absolute Gasteiger partial charge is 0.370 e. The van der Waals surface area contributed by atoms with Crippen molar-refractivity contribution in [2.75, 3.05) is 6.61 Å². The molecule has 0 N–H and O–H groups in total. The van der Waals surface area contributed by atoms with Crippen molar-refractivity contribution >= 4 is 17.4 Å². The van der Waals surface area contributed by atoms with Crippen molar-refractivity contribution in [1.29, 1.82) is 0 Å². The van der Waals surface area contributed by atoms with Gasteiger partial charge >= 0.3 is 0 Å². The number of Topliss-reactive ketones (excluding diaryl/α,β-unsaturated/α-hetero) is 1. The first-order chi connectivity index (χ1) is 8.10. The molecule has 0 aliphatic heterocycles. The van der Waals surface area contributed by atoms with Crippen LogP contribution in [0.4, 0.5) is 0 Å². The molecule has 0 aliphatic carbocycles. The lowest BCUT2D eigenvalue weighted by Gasteiger charge is -2.15. The number of carbonyl (C=O) groups excluding carboxylic acids is 1. The molecule has 1 atom stereocenters. The van der Waals surface area contributed by atoms with Crippen molar-refractivity contribution in [3.8, 4) is 0 Å². The van der Waals surface area contributed by atoms with Gasteiger partial charge in [-0.25, -0.2) is 0 Å². The molecule has 1 unspecified atom stereocenters. The van der Waals surface area contributed by atoms with E-state index in [0.29, 0.717) is 17.2 Å². The van der Waals surface area contributed by atoms with E-state index in [0.717, 1.165) is 18.4 Å². The van der Waals surface area contributed by atoms with E-state index in [1.165, 1.54) is 0 Å². The molecule has 0 fully saturated rings. The standard InChI is InChI=1S/C14H19ClO2/c1-4-6-13(17-5-2)14(16)11-8-7-10(3)12(15)9-11/h7-9,13H,4-6H2,1-3H3. The average molecular weight is 255 g/mol. The molecule has 2 nitrogen and oxygen atoms in total. The second-order valence-electron chi connectivity index (χ2n) is 4.06. The summed E-state index contributed by atoms with van der Waals surface area (Å²) in [7, 11) is 0. The van der Waals surface area contributed by atoms with E-state index in [9.17, 15) is 4.79 Å². The number of hydrogen-bond donors (Lipinski definition) is 0. The molecular formula is C14H19ClO2. The van der Waals surface area contributed by atoms with Gasteiger partial charge in [-0.1, -0.05) is 37.1 Å². The highest BCUT2D eigenvalue weighted by atomic mass is 35.5. The fourth-order valence-corrected chi connectivity index (χ4v) is 1.87. The van der Waals surface area contributed by atoms with Gasteiger partial charge in [0.1, 0.15) is 6.10 Å². The first-order valence-corrected chi connectivity index (χ1v) is 6.39. The van der Waals surface area contributed by atoms with Crippen LogP contribution in [0.25, 0.3) is 0 Å². The molecule has 0 heterocycles. The first-order valence-electron chi connectivity index (χ1n) is 6.02. The van der Waals surface area contributed by atoms with Gasteiger partial charge in [0.2, 0.25) is 0 Å². The third kappa shape index (κ3) is 3.83. The van der Waals surface area contributed by atoms with Crippen LogP contribution in [0, 0.1) is 6.92 Å². The highest BCUT2D eigenvalue weighted by molar-refractivity contribution is 6.31. The van der Waals surface area contributed by atoms with Crippen molar-refractivity contribution in [2.24, 2.45) is 0 Å². The Morgan fingerprint density at radius 1 is 1.41 bits per heavy atom. The minimum Gasteiger partial charge on any atom is -0.370 e. The van der Waals surface area contributed by atoms with E-state index in [4.69, 9.17) is 16.3 Å². The summed E-state index contributed by atoms with van der Waals surface area (Å²) in [6.07, 6.45) is 1.33. The zero-order valence-electron chi connectivity index (χ0n) is 10.6. The summed E-state index contributed by atoms with van der Waals surface area (Å²) in [5.74, 6) is 0.0237. The molecule has 0 aromatic heterocycles. The van der Waals surface area contributed by atoms with Crippen molar-refractivity contribution < 1.29 is 9.53 Å². The Morgan fingerprint density at radius 2 is 2.12 bits per heavy atom. The SMILES string of the molecule is CCCC(OCC)C(=O)c1ccc(C)c(Cl)c1. The van der Waals surface area contributed by atoms with Crippen LogP contribution < -0.4 is 0 Å². The Bertz CT molecular complexity index is 382. The van der Waals surface area contributed by atoms with Crippen LogP contribution in [0.2, 0.25) is 5.02 Å². The van der Waals surface area contributed by atoms with E-state index in [2.05, 4.69) is 0 Å². The molecule has 0 spiro atoms. The van der Waals surface area contributed by atoms with Gasteiger partial charge in [-0.2, -0.15) is 0 Å². The molecule has 1 rings (SSSR count). The number of benzene rings is 1. The minimum absolute atomic E-state index is 0.0237. The molecule has 1 aromatic rings. The maximum absolute atomic E-state index is 12.2. The Labute approximate surface area is 108 Å². The van der Waals surface area contributed by atoms with E-state index in [1.807, 2.05) is 32.9 Å². The molecule has 0 radical (unpaired) electrons. The average Bonchev–Trinajstić information content (AvgIpc) is 2.31. The van der Waals surface area contributed by atoms with Gasteiger partial charge in [0.05, 0.1) is 0 Å². The molecular weight excluding hydrogens is 236 g/mol. The van der Waals surface area contributed by atoms with E-state index in [1.54, 1.807) is 6.07 Å². The summed E-state index contributed by atoms with van der Waals surface area (Å²) in [6, 6.07) is 5.40. The highest BCUT2D eigenvalue weighted by Gasteiger charge is 2.19. The monoisotopic (exact) mass is 254 g/mol. The third-order valence-corrected chi connectivity index (χ3v) is 3.07. The van der Waals surface area contributed by atoms with Crippen molar-refractivity contribution in [3.05, 3.63) is 34.3 Å². The van der Waals surface area contributed by atoms with Gasteiger partial charge in [-0.3, -0.25) is 4.79 Å². The number of ether oxygens (including phenoxy) is 1. The zero-order chi connectivity index (χ0) is 12.8. The fourth-order valence-electron chi connectivity index (χ4n) is 1.69. The Hall–Kier alpha value is -0.860. The highest BCUT2D eigenvalue weighted by Crippen LogP contribution is 2.19. The minimum atomic E-state index is -0.344. The topological polar surface area (TPSA) is 26.3 Å². The van der Waals surface area contributed by atoms with Crippen LogP contribution in [0.3, 0.4) is 0 Å². The molecule has 0 bridgehead atoms. The predicted octanol–water partition coefficient (Wildman–Crippen LogP) is 4.04. The van der Waals surface area contributed by atoms with Crippen molar-refractivity contribution in [1.82, 2.24) is 0 Å². The smallest absolute Gasteiger partial charge is 0.191 e. The summed E-state index contributed by atoms with van der Waals surface area (Å²) in [5, 5.41) is 0.627. The normalized spacial score (nSPS) is 12.5. The van der Waals surface area contributed by atoms with Gasteiger partial charge in [-0.05, 0) is 31.9 Å². The molecule has 17 heavy (non-hydrogen) atoms. The summed E-state index contributed by atoms with van der Waals surface area (Å²) in [5.41, 5.74) is 1.61. The second kappa shape index (κ2) is 6.77. The lowest BCUT2D eigenvalue weighted by atomic mass is 10.0. The lowest BCUT2D eigenvalue weighted by molar-refractivity contribution is 0.0423. The number of rotatable bonds is 6. The molecule has 0 aliphatic rings. The van der Waals surface area contributed by atoms with Gasteiger partial charge in [0.25, 0.3) is 0 Å². The molecule has 0 saturated heterocycles. The molecule has 1 aromatic carbocycles. The summed E-state index contributed by atoms with van der Waals surface area (Å²) < 4.78 is 5.48. The Kier molecular flexibility index (Phi) is 5.66.